The molecule has 1 unspecified atom stereocenters. The molecule has 0 aliphatic carbocycles. The Kier molecular flexibility index (Phi) is 3.94. The number of pyridine rings is 1. The van der Waals surface area contributed by atoms with E-state index in [1.165, 1.54) is 6.20 Å². The fraction of sp³-hybridized carbons (Fsp3) is 0.583. The molecule has 0 saturated heterocycles. The Morgan fingerprint density at radius 2 is 1.94 bits per heavy atom. The molecule has 1 aromatic rings. The van der Waals surface area contributed by atoms with Crippen LogP contribution in [0.2, 0.25) is 0 Å². The Morgan fingerprint density at radius 3 is 2.38 bits per heavy atom. The minimum Gasteiger partial charge on any atom is -0.261 e. The van der Waals surface area contributed by atoms with Gasteiger partial charge < -0.3 is 0 Å². The predicted octanol–water partition coefficient (Wildman–Crippen LogP) is 4.25. The molecule has 0 amide bonds. The van der Waals surface area contributed by atoms with E-state index < -0.39 is 11.7 Å². The van der Waals surface area contributed by atoms with E-state index in [0.29, 0.717) is 11.6 Å². The van der Waals surface area contributed by atoms with Gasteiger partial charge in [0.15, 0.2) is 0 Å². The molecule has 0 aromatic carbocycles. The molecular weight excluding hydrogens is 215 g/mol. The van der Waals surface area contributed by atoms with Gasteiger partial charge in [0.25, 0.3) is 0 Å². The smallest absolute Gasteiger partial charge is 0.261 e. The SMILES string of the molecule is CCC(c1cc(C(F)(F)F)ccn1)C(C)C. The van der Waals surface area contributed by atoms with Crippen molar-refractivity contribution in [1.29, 1.82) is 0 Å². The summed E-state index contributed by atoms with van der Waals surface area (Å²) in [4.78, 5) is 4.05. The molecule has 0 bridgehead atoms. The fourth-order valence-corrected chi connectivity index (χ4v) is 1.85. The summed E-state index contributed by atoms with van der Waals surface area (Å²) in [5.74, 6) is 0.378. The van der Waals surface area contributed by atoms with Crippen LogP contribution in [0.3, 0.4) is 0 Å². The maximum atomic E-state index is 12.5. The van der Waals surface area contributed by atoms with Crippen molar-refractivity contribution in [2.75, 3.05) is 0 Å². The van der Waals surface area contributed by atoms with Crippen molar-refractivity contribution in [2.45, 2.75) is 39.3 Å². The maximum Gasteiger partial charge on any atom is 0.416 e. The van der Waals surface area contributed by atoms with Crippen LogP contribution in [-0.2, 0) is 6.18 Å². The molecule has 4 heteroatoms. The zero-order chi connectivity index (χ0) is 12.3. The molecule has 0 N–H and O–H groups in total. The van der Waals surface area contributed by atoms with Crippen molar-refractivity contribution in [3.8, 4) is 0 Å². The molecule has 1 rings (SSSR count). The normalized spacial score (nSPS) is 14.2. The molecule has 1 aromatic heterocycles. The van der Waals surface area contributed by atoms with Gasteiger partial charge in [-0.05, 0) is 24.5 Å². The second kappa shape index (κ2) is 4.85. The number of rotatable bonds is 3. The molecule has 0 aliphatic heterocycles. The van der Waals surface area contributed by atoms with Crippen LogP contribution in [0.1, 0.15) is 44.4 Å². The Hall–Kier alpha value is -1.06. The quantitative estimate of drug-likeness (QED) is 0.757. The lowest BCUT2D eigenvalue weighted by Crippen LogP contribution is -2.11. The number of alkyl halides is 3. The summed E-state index contributed by atoms with van der Waals surface area (Å²) < 4.78 is 37.5. The first kappa shape index (κ1) is 13.0. The van der Waals surface area contributed by atoms with E-state index in [-0.39, 0.29) is 5.92 Å². The maximum absolute atomic E-state index is 12.5. The second-order valence-electron chi connectivity index (χ2n) is 4.23. The van der Waals surface area contributed by atoms with Crippen molar-refractivity contribution in [2.24, 2.45) is 5.92 Å². The standard InChI is InChI=1S/C12H16F3N/c1-4-10(8(2)3)11-7-9(5-6-16-11)12(13,14)15/h5-8,10H,4H2,1-3H3. The van der Waals surface area contributed by atoms with Crippen molar-refractivity contribution in [3.63, 3.8) is 0 Å². The van der Waals surface area contributed by atoms with E-state index in [0.717, 1.165) is 18.6 Å². The zero-order valence-corrected chi connectivity index (χ0v) is 9.67. The van der Waals surface area contributed by atoms with Gasteiger partial charge in [0.2, 0.25) is 0 Å². The van der Waals surface area contributed by atoms with Crippen molar-refractivity contribution < 1.29 is 13.2 Å². The van der Waals surface area contributed by atoms with Gasteiger partial charge in [-0.15, -0.1) is 0 Å². The largest absolute Gasteiger partial charge is 0.416 e. The monoisotopic (exact) mass is 231 g/mol. The van der Waals surface area contributed by atoms with Crippen molar-refractivity contribution in [1.82, 2.24) is 4.98 Å². The summed E-state index contributed by atoms with van der Waals surface area (Å²) in [6.07, 6.45) is -2.25. The molecular formula is C12H16F3N. The Balaban J connectivity index is 3.07. The number of aromatic nitrogens is 1. The van der Waals surface area contributed by atoms with Crippen molar-refractivity contribution in [3.05, 3.63) is 29.6 Å². The third-order valence-electron chi connectivity index (χ3n) is 2.73. The predicted molar refractivity (Wildman–Crippen MR) is 57.1 cm³/mol. The van der Waals surface area contributed by atoms with Crippen molar-refractivity contribution >= 4 is 0 Å². The first-order valence-electron chi connectivity index (χ1n) is 5.39. The van der Waals surface area contributed by atoms with Crippen LogP contribution in [-0.4, -0.2) is 4.98 Å². The highest BCUT2D eigenvalue weighted by molar-refractivity contribution is 5.22. The lowest BCUT2D eigenvalue weighted by molar-refractivity contribution is -0.137. The summed E-state index contributed by atoms with van der Waals surface area (Å²) in [7, 11) is 0. The van der Waals surface area contributed by atoms with Crippen LogP contribution >= 0.6 is 0 Å². The van der Waals surface area contributed by atoms with E-state index in [9.17, 15) is 13.2 Å². The topological polar surface area (TPSA) is 12.9 Å². The molecule has 0 saturated carbocycles. The molecule has 0 aliphatic rings. The van der Waals surface area contributed by atoms with Gasteiger partial charge in [0, 0.05) is 17.8 Å². The highest BCUT2D eigenvalue weighted by Crippen LogP contribution is 2.32. The number of halogens is 3. The lowest BCUT2D eigenvalue weighted by Gasteiger charge is -2.19. The fourth-order valence-electron chi connectivity index (χ4n) is 1.85. The second-order valence-corrected chi connectivity index (χ2v) is 4.23. The van der Waals surface area contributed by atoms with Crippen LogP contribution in [0, 0.1) is 5.92 Å². The number of hydrogen-bond donors (Lipinski definition) is 0. The third kappa shape index (κ3) is 2.97. The summed E-state index contributed by atoms with van der Waals surface area (Å²) in [5, 5.41) is 0. The number of nitrogens with zero attached hydrogens (tertiary/aromatic N) is 1. The van der Waals surface area contributed by atoms with Gasteiger partial charge in [-0.2, -0.15) is 13.2 Å². The first-order chi connectivity index (χ1) is 7.36. The molecule has 16 heavy (non-hydrogen) atoms. The minimum absolute atomic E-state index is 0.0855. The zero-order valence-electron chi connectivity index (χ0n) is 9.67. The van der Waals surface area contributed by atoms with E-state index in [1.54, 1.807) is 0 Å². The van der Waals surface area contributed by atoms with Gasteiger partial charge in [-0.3, -0.25) is 4.98 Å². The third-order valence-corrected chi connectivity index (χ3v) is 2.73. The van der Waals surface area contributed by atoms with Crippen LogP contribution in [0.4, 0.5) is 13.2 Å². The van der Waals surface area contributed by atoms with Crippen LogP contribution in [0.25, 0.3) is 0 Å². The molecule has 1 nitrogen and oxygen atoms in total. The molecule has 0 fully saturated rings. The van der Waals surface area contributed by atoms with Crippen LogP contribution in [0.15, 0.2) is 18.3 Å². The molecule has 90 valence electrons. The van der Waals surface area contributed by atoms with E-state index >= 15 is 0 Å². The number of hydrogen-bond acceptors (Lipinski definition) is 1. The highest BCUT2D eigenvalue weighted by Gasteiger charge is 2.31. The summed E-state index contributed by atoms with van der Waals surface area (Å²) in [6, 6.07) is 2.17. The molecule has 1 atom stereocenters. The van der Waals surface area contributed by atoms with Crippen LogP contribution in [0.5, 0.6) is 0 Å². The average Bonchev–Trinajstić information content (AvgIpc) is 2.17. The first-order valence-corrected chi connectivity index (χ1v) is 5.39. The van der Waals surface area contributed by atoms with E-state index in [2.05, 4.69) is 4.98 Å². The van der Waals surface area contributed by atoms with Gasteiger partial charge >= 0.3 is 6.18 Å². The van der Waals surface area contributed by atoms with Gasteiger partial charge in [-0.25, -0.2) is 0 Å². The summed E-state index contributed by atoms with van der Waals surface area (Å²) in [5.41, 5.74) is -0.0797. The van der Waals surface area contributed by atoms with E-state index in [4.69, 9.17) is 0 Å². The Morgan fingerprint density at radius 1 is 1.31 bits per heavy atom. The minimum atomic E-state index is -4.28. The van der Waals surface area contributed by atoms with Gasteiger partial charge in [0.05, 0.1) is 5.56 Å². The lowest BCUT2D eigenvalue weighted by atomic mass is 9.89. The molecule has 0 radical (unpaired) electrons. The molecule has 0 spiro atoms. The molecule has 1 heterocycles. The Labute approximate surface area is 93.7 Å². The Bertz CT molecular complexity index is 344. The van der Waals surface area contributed by atoms with Gasteiger partial charge in [-0.1, -0.05) is 20.8 Å². The average molecular weight is 231 g/mol. The van der Waals surface area contributed by atoms with Gasteiger partial charge in [0.1, 0.15) is 0 Å². The summed E-state index contributed by atoms with van der Waals surface area (Å²) in [6.45, 7) is 5.96. The summed E-state index contributed by atoms with van der Waals surface area (Å²) >= 11 is 0. The van der Waals surface area contributed by atoms with Crippen LogP contribution < -0.4 is 0 Å². The highest BCUT2D eigenvalue weighted by atomic mass is 19.4. The van der Waals surface area contributed by atoms with E-state index in [1.807, 2.05) is 20.8 Å².